The monoisotopic (exact) mass is 208 g/mol. The highest BCUT2D eigenvalue weighted by Crippen LogP contribution is 2.11. The van der Waals surface area contributed by atoms with E-state index in [-0.39, 0.29) is 11.9 Å². The average molecular weight is 208 g/mol. The van der Waals surface area contributed by atoms with Gasteiger partial charge < -0.3 is 10.2 Å². The Labute approximate surface area is 88.8 Å². The molecule has 1 amide bonds. The van der Waals surface area contributed by atoms with E-state index in [1.807, 2.05) is 11.8 Å². The maximum Gasteiger partial charge on any atom is 0.257 e. The first kappa shape index (κ1) is 10.2. The van der Waals surface area contributed by atoms with Gasteiger partial charge in [0.25, 0.3) is 5.91 Å². The first-order valence-electron chi connectivity index (χ1n) is 5.22. The number of aryl methyl sites for hydroxylation is 1. The second-order valence-corrected chi connectivity index (χ2v) is 3.96. The summed E-state index contributed by atoms with van der Waals surface area (Å²) in [7, 11) is 0. The Bertz CT molecular complexity index is 360. The van der Waals surface area contributed by atoms with Crippen molar-refractivity contribution >= 4 is 5.91 Å². The Morgan fingerprint density at radius 3 is 3.07 bits per heavy atom. The minimum atomic E-state index is 0.0789. The molecule has 0 saturated carbocycles. The highest BCUT2D eigenvalue weighted by molar-refractivity contribution is 5.95. The van der Waals surface area contributed by atoms with Crippen molar-refractivity contribution in [3.8, 4) is 0 Å². The van der Waals surface area contributed by atoms with Crippen molar-refractivity contribution in [2.45, 2.75) is 19.9 Å². The van der Waals surface area contributed by atoms with Crippen molar-refractivity contribution < 1.29 is 4.79 Å². The van der Waals surface area contributed by atoms with Crippen LogP contribution in [0.25, 0.3) is 0 Å². The second kappa shape index (κ2) is 4.02. The van der Waals surface area contributed by atoms with Crippen molar-refractivity contribution in [2.75, 3.05) is 19.6 Å². The maximum absolute atomic E-state index is 12.1. The SMILES string of the molecule is Cc1[nH]ncc1C(=O)N1CCNC[C@H]1C. The number of carbonyl (C=O) groups is 1. The van der Waals surface area contributed by atoms with Gasteiger partial charge >= 0.3 is 0 Å². The molecule has 0 bridgehead atoms. The second-order valence-electron chi connectivity index (χ2n) is 3.96. The number of nitrogens with zero attached hydrogens (tertiary/aromatic N) is 2. The molecule has 0 spiro atoms. The van der Waals surface area contributed by atoms with Gasteiger partial charge in [-0.15, -0.1) is 0 Å². The molecule has 82 valence electrons. The number of rotatable bonds is 1. The molecular formula is C10H16N4O. The number of H-pyrrole nitrogens is 1. The lowest BCUT2D eigenvalue weighted by atomic mass is 10.1. The molecule has 2 heterocycles. The van der Waals surface area contributed by atoms with Crippen molar-refractivity contribution in [1.82, 2.24) is 20.4 Å². The van der Waals surface area contributed by atoms with E-state index in [9.17, 15) is 4.79 Å². The molecule has 0 radical (unpaired) electrons. The van der Waals surface area contributed by atoms with Gasteiger partial charge in [0.2, 0.25) is 0 Å². The Kier molecular flexibility index (Phi) is 2.73. The Morgan fingerprint density at radius 2 is 2.47 bits per heavy atom. The molecule has 5 heteroatoms. The van der Waals surface area contributed by atoms with Crippen molar-refractivity contribution in [3.63, 3.8) is 0 Å². The summed E-state index contributed by atoms with van der Waals surface area (Å²) in [5.41, 5.74) is 1.52. The van der Waals surface area contributed by atoms with E-state index in [1.54, 1.807) is 6.20 Å². The van der Waals surface area contributed by atoms with Crippen LogP contribution in [0.15, 0.2) is 6.20 Å². The van der Waals surface area contributed by atoms with E-state index in [1.165, 1.54) is 0 Å². The van der Waals surface area contributed by atoms with Gasteiger partial charge in [0.15, 0.2) is 0 Å². The van der Waals surface area contributed by atoms with Gasteiger partial charge in [-0.3, -0.25) is 9.89 Å². The number of piperazine rings is 1. The van der Waals surface area contributed by atoms with Crippen molar-refractivity contribution in [3.05, 3.63) is 17.5 Å². The number of aromatic nitrogens is 2. The van der Waals surface area contributed by atoms with E-state index in [0.29, 0.717) is 5.56 Å². The van der Waals surface area contributed by atoms with Crippen LogP contribution >= 0.6 is 0 Å². The van der Waals surface area contributed by atoms with Crippen LogP contribution in [0.4, 0.5) is 0 Å². The normalized spacial score (nSPS) is 21.7. The van der Waals surface area contributed by atoms with Gasteiger partial charge in [0, 0.05) is 31.4 Å². The Hall–Kier alpha value is -1.36. The molecule has 1 aliphatic heterocycles. The highest BCUT2D eigenvalue weighted by atomic mass is 16.2. The summed E-state index contributed by atoms with van der Waals surface area (Å²) in [5, 5.41) is 9.93. The molecule has 1 aliphatic rings. The lowest BCUT2D eigenvalue weighted by Gasteiger charge is -2.33. The minimum absolute atomic E-state index is 0.0789. The highest BCUT2D eigenvalue weighted by Gasteiger charge is 2.25. The quantitative estimate of drug-likeness (QED) is 0.690. The van der Waals surface area contributed by atoms with Gasteiger partial charge in [0.05, 0.1) is 11.8 Å². The maximum atomic E-state index is 12.1. The summed E-state index contributed by atoms with van der Waals surface area (Å²) in [5.74, 6) is 0.0789. The molecule has 0 aliphatic carbocycles. The lowest BCUT2D eigenvalue weighted by molar-refractivity contribution is 0.0655. The summed E-state index contributed by atoms with van der Waals surface area (Å²) >= 11 is 0. The zero-order valence-corrected chi connectivity index (χ0v) is 9.08. The van der Waals surface area contributed by atoms with Gasteiger partial charge in [-0.25, -0.2) is 0 Å². The van der Waals surface area contributed by atoms with Crippen LogP contribution in [0.5, 0.6) is 0 Å². The first-order valence-corrected chi connectivity index (χ1v) is 5.22. The number of amides is 1. The van der Waals surface area contributed by atoms with E-state index in [0.717, 1.165) is 25.3 Å². The molecular weight excluding hydrogens is 192 g/mol. The Morgan fingerprint density at radius 1 is 1.67 bits per heavy atom. The predicted octanol–water partition coefficient (Wildman–Crippen LogP) is 0.152. The summed E-state index contributed by atoms with van der Waals surface area (Å²) in [6, 6.07) is 0.251. The lowest BCUT2D eigenvalue weighted by Crippen LogP contribution is -2.52. The van der Waals surface area contributed by atoms with Gasteiger partial charge in [0.1, 0.15) is 0 Å². The largest absolute Gasteiger partial charge is 0.333 e. The summed E-state index contributed by atoms with van der Waals surface area (Å²) in [6.07, 6.45) is 1.60. The smallest absolute Gasteiger partial charge is 0.257 e. The van der Waals surface area contributed by atoms with Crippen molar-refractivity contribution in [2.24, 2.45) is 0 Å². The molecule has 2 N–H and O–H groups in total. The number of carbonyl (C=O) groups excluding carboxylic acids is 1. The molecule has 2 rings (SSSR count). The van der Waals surface area contributed by atoms with Crippen molar-refractivity contribution in [1.29, 1.82) is 0 Å². The van der Waals surface area contributed by atoms with Crippen LogP contribution in [-0.4, -0.2) is 46.7 Å². The van der Waals surface area contributed by atoms with E-state index in [2.05, 4.69) is 22.4 Å². The fourth-order valence-electron chi connectivity index (χ4n) is 1.86. The van der Waals surface area contributed by atoms with Gasteiger partial charge in [-0.2, -0.15) is 5.10 Å². The molecule has 15 heavy (non-hydrogen) atoms. The molecule has 0 aromatic carbocycles. The van der Waals surface area contributed by atoms with Crippen LogP contribution in [0.1, 0.15) is 23.0 Å². The topological polar surface area (TPSA) is 61.0 Å². The molecule has 5 nitrogen and oxygen atoms in total. The molecule has 1 aromatic rings. The third-order valence-corrected chi connectivity index (χ3v) is 2.82. The standard InChI is InChI=1S/C10H16N4O/c1-7-5-11-3-4-14(7)10(15)9-6-12-13-8(9)2/h6-7,11H,3-5H2,1-2H3,(H,12,13)/t7-/m1/s1. The molecule has 1 atom stereocenters. The number of hydrogen-bond donors (Lipinski definition) is 2. The summed E-state index contributed by atoms with van der Waals surface area (Å²) in [6.45, 7) is 6.42. The van der Waals surface area contributed by atoms with E-state index in [4.69, 9.17) is 0 Å². The van der Waals surface area contributed by atoms with Crippen LogP contribution in [0, 0.1) is 6.92 Å². The third kappa shape index (κ3) is 1.87. The third-order valence-electron chi connectivity index (χ3n) is 2.82. The minimum Gasteiger partial charge on any atom is -0.333 e. The van der Waals surface area contributed by atoms with Crippen LogP contribution < -0.4 is 5.32 Å². The van der Waals surface area contributed by atoms with E-state index >= 15 is 0 Å². The van der Waals surface area contributed by atoms with Crippen LogP contribution in [-0.2, 0) is 0 Å². The fourth-order valence-corrected chi connectivity index (χ4v) is 1.86. The predicted molar refractivity (Wildman–Crippen MR) is 56.7 cm³/mol. The molecule has 1 aromatic heterocycles. The van der Waals surface area contributed by atoms with Gasteiger partial charge in [-0.05, 0) is 13.8 Å². The number of hydrogen-bond acceptors (Lipinski definition) is 3. The Balaban J connectivity index is 2.17. The van der Waals surface area contributed by atoms with E-state index < -0.39 is 0 Å². The summed E-state index contributed by atoms with van der Waals surface area (Å²) < 4.78 is 0. The fraction of sp³-hybridized carbons (Fsp3) is 0.600. The number of aromatic amines is 1. The zero-order chi connectivity index (χ0) is 10.8. The average Bonchev–Trinajstić information content (AvgIpc) is 2.64. The molecule has 0 unspecified atom stereocenters. The van der Waals surface area contributed by atoms with Crippen LogP contribution in [0.3, 0.4) is 0 Å². The zero-order valence-electron chi connectivity index (χ0n) is 9.08. The first-order chi connectivity index (χ1) is 7.20. The van der Waals surface area contributed by atoms with Gasteiger partial charge in [-0.1, -0.05) is 0 Å². The molecule has 1 fully saturated rings. The number of nitrogens with one attached hydrogen (secondary N) is 2. The van der Waals surface area contributed by atoms with Crippen LogP contribution in [0.2, 0.25) is 0 Å². The molecule has 1 saturated heterocycles. The summed E-state index contributed by atoms with van der Waals surface area (Å²) in [4.78, 5) is 14.0.